The van der Waals surface area contributed by atoms with Crippen LogP contribution in [-0.2, 0) is 16.1 Å². The summed E-state index contributed by atoms with van der Waals surface area (Å²) in [6, 6.07) is 17.4. The Kier molecular flexibility index (Phi) is 19.9. The van der Waals surface area contributed by atoms with Gasteiger partial charge in [-0.25, -0.2) is 14.8 Å². The molecule has 1 heterocycles. The monoisotopic (exact) mass is 768 g/mol. The van der Waals surface area contributed by atoms with Crippen molar-refractivity contribution < 1.29 is 28.5 Å². The van der Waals surface area contributed by atoms with Crippen molar-refractivity contribution in [2.24, 2.45) is 0 Å². The Bertz CT molecular complexity index is 1750. The summed E-state index contributed by atoms with van der Waals surface area (Å²) in [6.07, 6.45) is 21.1. The Morgan fingerprint density at radius 2 is 1.38 bits per heavy atom. The molecular weight excluding hydrogens is 705 g/mol. The molecule has 0 aliphatic heterocycles. The quantitative estimate of drug-likeness (QED) is 0.0341. The molecule has 4 aromatic rings. The van der Waals surface area contributed by atoms with Crippen LogP contribution in [0.15, 0.2) is 67.0 Å². The number of carbonyl (C=O) groups excluding carboxylic acids is 1. The zero-order chi connectivity index (χ0) is 39.8. The Morgan fingerprint density at radius 3 is 2.04 bits per heavy atom. The van der Waals surface area contributed by atoms with E-state index in [0.717, 1.165) is 37.0 Å². The number of hydrogen-bond donors (Lipinski definition) is 1. The van der Waals surface area contributed by atoms with Gasteiger partial charge < -0.3 is 33.9 Å². The molecule has 0 fully saturated rings. The molecule has 3 aromatic carbocycles. The maximum Gasteiger partial charge on any atom is 0.330 e. The minimum Gasteiger partial charge on any atom is -0.493 e. The number of esters is 1. The lowest BCUT2D eigenvalue weighted by Crippen LogP contribution is -2.28. The molecule has 0 saturated heterocycles. The van der Waals surface area contributed by atoms with Crippen LogP contribution in [0.2, 0.25) is 0 Å². The zero-order valence-corrected chi connectivity index (χ0v) is 34.4. The molecule has 10 nitrogen and oxygen atoms in total. The average Bonchev–Trinajstić information content (AvgIpc) is 3.23. The van der Waals surface area contributed by atoms with Crippen molar-refractivity contribution in [3.05, 3.63) is 78.1 Å². The number of methoxy groups -OCH3 is 3. The van der Waals surface area contributed by atoms with Gasteiger partial charge in [-0.2, -0.15) is 0 Å². The molecule has 0 saturated carbocycles. The first-order chi connectivity index (χ1) is 27.5. The number of ether oxygens (including phenoxy) is 5. The Labute approximate surface area is 335 Å². The van der Waals surface area contributed by atoms with E-state index in [1.54, 1.807) is 20.3 Å². The third-order valence-corrected chi connectivity index (χ3v) is 9.84. The van der Waals surface area contributed by atoms with Gasteiger partial charge in [0.2, 0.25) is 0 Å². The highest BCUT2D eigenvalue weighted by atomic mass is 16.5. The number of nitrogens with one attached hydrogen (secondary N) is 1. The normalized spacial score (nSPS) is 11.3. The second-order valence-corrected chi connectivity index (χ2v) is 14.2. The van der Waals surface area contributed by atoms with E-state index < -0.39 is 5.97 Å². The lowest BCUT2D eigenvalue weighted by atomic mass is 10.1. The van der Waals surface area contributed by atoms with Crippen molar-refractivity contribution >= 4 is 34.5 Å². The average molecular weight is 769 g/mol. The summed E-state index contributed by atoms with van der Waals surface area (Å²) in [7, 11) is 4.57. The van der Waals surface area contributed by atoms with Gasteiger partial charge in [0.05, 0.1) is 39.1 Å². The first-order valence-electron chi connectivity index (χ1n) is 20.6. The molecule has 0 atom stereocenters. The fourth-order valence-electron chi connectivity index (χ4n) is 6.68. The highest BCUT2D eigenvalue weighted by Crippen LogP contribution is 2.41. The number of anilines is 2. The van der Waals surface area contributed by atoms with Gasteiger partial charge in [-0.3, -0.25) is 0 Å². The predicted octanol–water partition coefficient (Wildman–Crippen LogP) is 10.9. The van der Waals surface area contributed by atoms with Crippen LogP contribution < -0.4 is 24.3 Å². The van der Waals surface area contributed by atoms with Gasteiger partial charge in [0.15, 0.2) is 23.0 Å². The largest absolute Gasteiger partial charge is 0.493 e. The fraction of sp³-hybridized carbons (Fsp3) is 0.500. The first kappa shape index (κ1) is 43.9. The van der Waals surface area contributed by atoms with Crippen LogP contribution in [0.25, 0.3) is 17.0 Å². The van der Waals surface area contributed by atoms with Gasteiger partial charge in [0.1, 0.15) is 18.8 Å². The number of hydrogen-bond acceptors (Lipinski definition) is 10. The molecule has 304 valence electrons. The van der Waals surface area contributed by atoms with E-state index >= 15 is 0 Å². The molecule has 1 N–H and O–H groups in total. The van der Waals surface area contributed by atoms with Crippen LogP contribution >= 0.6 is 0 Å². The number of carbonyl (C=O) groups is 1. The van der Waals surface area contributed by atoms with Crippen molar-refractivity contribution in [1.82, 2.24) is 14.9 Å². The van der Waals surface area contributed by atoms with Gasteiger partial charge in [0.25, 0.3) is 0 Å². The highest BCUT2D eigenvalue weighted by molar-refractivity contribution is 5.94. The molecule has 56 heavy (non-hydrogen) atoms. The topological polar surface area (TPSA) is 104 Å². The Morgan fingerprint density at radius 1 is 0.714 bits per heavy atom. The summed E-state index contributed by atoms with van der Waals surface area (Å²) in [6.45, 7) is 8.72. The van der Waals surface area contributed by atoms with Crippen LogP contribution in [0.5, 0.6) is 23.0 Å². The predicted molar refractivity (Wildman–Crippen MR) is 227 cm³/mol. The summed E-state index contributed by atoms with van der Waals surface area (Å²) >= 11 is 0. The van der Waals surface area contributed by atoms with Gasteiger partial charge in [-0.15, -0.1) is 0 Å². The number of rotatable bonds is 28. The molecule has 0 amide bonds. The zero-order valence-electron chi connectivity index (χ0n) is 34.4. The SMILES string of the molecule is CCCCCCCCN(CCCCCCCC)CCCOc1cc2c(Nc3cc(/C=C/C(=O)OC)cc(OC)c3OCc3ccccc3)ncnc2cc1OC. The number of benzene rings is 3. The summed E-state index contributed by atoms with van der Waals surface area (Å²) in [5.41, 5.74) is 2.99. The van der Waals surface area contributed by atoms with Crippen LogP contribution in [0.1, 0.15) is 108 Å². The minimum atomic E-state index is -0.463. The Hall–Kier alpha value is -4.83. The molecule has 4 rings (SSSR count). The van der Waals surface area contributed by atoms with Crippen molar-refractivity contribution in [3.63, 3.8) is 0 Å². The number of aromatic nitrogens is 2. The van der Waals surface area contributed by atoms with E-state index in [9.17, 15) is 4.79 Å². The van der Waals surface area contributed by atoms with E-state index in [-0.39, 0.29) is 0 Å². The maximum absolute atomic E-state index is 11.9. The van der Waals surface area contributed by atoms with Crippen molar-refractivity contribution in [3.8, 4) is 23.0 Å². The molecule has 10 heteroatoms. The summed E-state index contributed by atoms with van der Waals surface area (Å²) in [4.78, 5) is 23.8. The van der Waals surface area contributed by atoms with Crippen LogP contribution in [-0.4, -0.2) is 68.4 Å². The second kappa shape index (κ2) is 25.4. The standard InChI is InChI=1S/C46H64N4O6/c1-6-8-10-12-14-19-26-50(27-20-15-13-11-9-7-2)28-21-29-55-42-32-38-39(33-41(42)52-3)47-35-48-46(38)49-40-30-37(24-25-44(51)54-5)31-43(53-4)45(40)56-34-36-22-17-16-18-23-36/h16-18,22-25,30-33,35H,6-15,19-21,26-29,34H2,1-5H3,(H,47,48,49)/b25-24+. The van der Waals surface area contributed by atoms with Crippen molar-refractivity contribution in [2.45, 2.75) is 104 Å². The van der Waals surface area contributed by atoms with Gasteiger partial charge in [-0.05, 0) is 67.8 Å². The van der Waals surface area contributed by atoms with Crippen LogP contribution in [0.3, 0.4) is 0 Å². The maximum atomic E-state index is 11.9. The van der Waals surface area contributed by atoms with E-state index in [2.05, 4.69) is 34.0 Å². The van der Waals surface area contributed by atoms with E-state index in [0.29, 0.717) is 58.8 Å². The molecule has 0 spiro atoms. The van der Waals surface area contributed by atoms with Crippen molar-refractivity contribution in [1.29, 1.82) is 0 Å². The third-order valence-electron chi connectivity index (χ3n) is 9.84. The number of nitrogens with zero attached hydrogens (tertiary/aromatic N) is 3. The van der Waals surface area contributed by atoms with Crippen molar-refractivity contribution in [2.75, 3.05) is 52.9 Å². The molecule has 0 aliphatic rings. The van der Waals surface area contributed by atoms with E-state index in [4.69, 9.17) is 23.7 Å². The van der Waals surface area contributed by atoms with Gasteiger partial charge in [-0.1, -0.05) is 108 Å². The Balaban J connectivity index is 1.52. The number of fused-ring (bicyclic) bond motifs is 1. The molecule has 0 radical (unpaired) electrons. The third kappa shape index (κ3) is 14.7. The van der Waals surface area contributed by atoms with Gasteiger partial charge >= 0.3 is 5.97 Å². The summed E-state index contributed by atoms with van der Waals surface area (Å²) < 4.78 is 29.2. The molecule has 0 aliphatic carbocycles. The minimum absolute atomic E-state index is 0.318. The number of unbranched alkanes of at least 4 members (excludes halogenated alkanes) is 10. The van der Waals surface area contributed by atoms with E-state index in [1.165, 1.54) is 96.6 Å². The lowest BCUT2D eigenvalue weighted by molar-refractivity contribution is -0.134. The van der Waals surface area contributed by atoms with E-state index in [1.807, 2.05) is 54.6 Å². The molecule has 0 unspecified atom stereocenters. The molecule has 1 aromatic heterocycles. The summed E-state index contributed by atoms with van der Waals surface area (Å²) in [5, 5.41) is 4.23. The first-order valence-corrected chi connectivity index (χ1v) is 20.6. The second-order valence-electron chi connectivity index (χ2n) is 14.2. The molecule has 0 bridgehead atoms. The summed E-state index contributed by atoms with van der Waals surface area (Å²) in [5.74, 6) is 2.31. The smallest absolute Gasteiger partial charge is 0.330 e. The van der Waals surface area contributed by atoms with Crippen LogP contribution in [0, 0.1) is 0 Å². The lowest BCUT2D eigenvalue weighted by Gasteiger charge is -2.22. The molecular formula is C46H64N4O6. The van der Waals surface area contributed by atoms with Gasteiger partial charge in [0, 0.05) is 24.1 Å². The highest BCUT2D eigenvalue weighted by Gasteiger charge is 2.18. The fourth-order valence-corrected chi connectivity index (χ4v) is 6.68. The van der Waals surface area contributed by atoms with Crippen LogP contribution in [0.4, 0.5) is 11.5 Å².